The number of piperidine rings is 1. The Morgan fingerprint density at radius 2 is 2.21 bits per heavy atom. The first-order valence-corrected chi connectivity index (χ1v) is 4.98. The van der Waals surface area contributed by atoms with Crippen LogP contribution in [0.15, 0.2) is 12.5 Å². The molecule has 0 radical (unpaired) electrons. The van der Waals surface area contributed by atoms with Crippen LogP contribution in [0.1, 0.15) is 0 Å². The van der Waals surface area contributed by atoms with Gasteiger partial charge < -0.3 is 10.6 Å². The molecule has 2 fully saturated rings. The largest absolute Gasteiger partial charge is 0.353 e. The molecule has 2 aliphatic rings. The molecule has 1 aliphatic carbocycles. The van der Waals surface area contributed by atoms with Gasteiger partial charge in [-0.1, -0.05) is 0 Å². The Morgan fingerprint density at radius 3 is 2.79 bits per heavy atom. The van der Waals surface area contributed by atoms with Crippen LogP contribution in [-0.4, -0.2) is 34.8 Å². The minimum absolute atomic E-state index is 0.760. The average molecular weight is 191 g/mol. The second-order valence-corrected chi connectivity index (χ2v) is 4.10. The van der Waals surface area contributed by atoms with Gasteiger partial charge in [0.05, 0.1) is 6.20 Å². The molecule has 1 aliphatic heterocycles. The van der Waals surface area contributed by atoms with Crippen molar-refractivity contribution >= 4 is 5.82 Å². The van der Waals surface area contributed by atoms with Crippen LogP contribution in [0.2, 0.25) is 0 Å². The van der Waals surface area contributed by atoms with E-state index in [1.54, 1.807) is 6.20 Å². The van der Waals surface area contributed by atoms with Crippen molar-refractivity contribution in [1.29, 1.82) is 0 Å². The van der Waals surface area contributed by atoms with Crippen molar-refractivity contribution in [2.75, 3.05) is 24.5 Å². The Hall–Kier alpha value is -1.23. The molecule has 3 rings (SSSR count). The smallest absolute Gasteiger partial charge is 0.169 e. The molecule has 2 N–H and O–H groups in total. The summed E-state index contributed by atoms with van der Waals surface area (Å²) < 4.78 is 0. The zero-order chi connectivity index (χ0) is 9.54. The summed E-state index contributed by atoms with van der Waals surface area (Å²) in [6.45, 7) is 2.99. The molecule has 2 atom stereocenters. The van der Waals surface area contributed by atoms with E-state index in [0.29, 0.717) is 0 Å². The highest BCUT2D eigenvalue weighted by molar-refractivity contribution is 5.38. The number of nitrogens with two attached hydrogens (primary N) is 1. The number of fused-ring (bicyclic) bond motifs is 1. The minimum atomic E-state index is 0.760. The van der Waals surface area contributed by atoms with Gasteiger partial charge in [-0.2, -0.15) is 0 Å². The summed E-state index contributed by atoms with van der Waals surface area (Å²) in [5.41, 5.74) is 5.65. The van der Waals surface area contributed by atoms with E-state index in [9.17, 15) is 0 Å². The highest BCUT2D eigenvalue weighted by Crippen LogP contribution is 2.51. The van der Waals surface area contributed by atoms with E-state index in [1.165, 1.54) is 6.33 Å². The van der Waals surface area contributed by atoms with Crippen LogP contribution >= 0.6 is 0 Å². The lowest BCUT2D eigenvalue weighted by molar-refractivity contribution is 0.640. The van der Waals surface area contributed by atoms with Gasteiger partial charge in [-0.25, -0.2) is 4.98 Å². The lowest BCUT2D eigenvalue weighted by Gasteiger charge is -2.18. The Morgan fingerprint density at radius 1 is 1.43 bits per heavy atom. The summed E-state index contributed by atoms with van der Waals surface area (Å²) in [7, 11) is 0. The maximum Gasteiger partial charge on any atom is 0.169 e. The van der Waals surface area contributed by atoms with Crippen LogP contribution in [0.3, 0.4) is 0 Å². The van der Waals surface area contributed by atoms with Crippen molar-refractivity contribution in [3.05, 3.63) is 12.5 Å². The maximum atomic E-state index is 5.65. The highest BCUT2D eigenvalue weighted by atomic mass is 15.3. The lowest BCUT2D eigenvalue weighted by Crippen LogP contribution is -2.26. The second kappa shape index (κ2) is 2.88. The Kier molecular flexibility index (Phi) is 1.67. The molecular formula is C9H13N5. The second-order valence-electron chi connectivity index (χ2n) is 4.10. The van der Waals surface area contributed by atoms with Crippen LogP contribution in [0.5, 0.6) is 0 Å². The SMILES string of the molecule is NCC1C2CN(c3cncnn3)CC12. The third-order valence-electron chi connectivity index (χ3n) is 3.44. The van der Waals surface area contributed by atoms with E-state index >= 15 is 0 Å². The van der Waals surface area contributed by atoms with Crippen molar-refractivity contribution in [3.8, 4) is 0 Å². The van der Waals surface area contributed by atoms with Gasteiger partial charge in [0, 0.05) is 13.1 Å². The molecule has 0 spiro atoms. The normalized spacial score (nSPS) is 34.4. The molecule has 2 heterocycles. The number of hydrogen-bond acceptors (Lipinski definition) is 5. The zero-order valence-corrected chi connectivity index (χ0v) is 7.87. The van der Waals surface area contributed by atoms with Gasteiger partial charge in [0.2, 0.25) is 0 Å². The fourth-order valence-electron chi connectivity index (χ4n) is 2.57. The van der Waals surface area contributed by atoms with Crippen molar-refractivity contribution in [1.82, 2.24) is 15.2 Å². The molecule has 1 saturated carbocycles. The number of hydrogen-bond donors (Lipinski definition) is 1. The third kappa shape index (κ3) is 1.09. The third-order valence-corrected chi connectivity index (χ3v) is 3.44. The standard InChI is InChI=1S/C9H13N5/c10-1-6-7-3-14(4-8(6)7)9-2-11-5-12-13-9/h2,5-8H,1,3-4,10H2. The molecule has 0 bridgehead atoms. The number of aromatic nitrogens is 3. The van der Waals surface area contributed by atoms with Crippen LogP contribution in [-0.2, 0) is 0 Å². The van der Waals surface area contributed by atoms with Gasteiger partial charge in [-0.3, -0.25) is 0 Å². The van der Waals surface area contributed by atoms with Gasteiger partial charge in [-0.15, -0.1) is 10.2 Å². The van der Waals surface area contributed by atoms with Gasteiger partial charge in [-0.05, 0) is 24.3 Å². The summed E-state index contributed by atoms with van der Waals surface area (Å²) in [4.78, 5) is 6.22. The Balaban J connectivity index is 1.70. The van der Waals surface area contributed by atoms with Crippen LogP contribution < -0.4 is 10.6 Å². The molecule has 2 unspecified atom stereocenters. The monoisotopic (exact) mass is 191 g/mol. The van der Waals surface area contributed by atoms with Crippen molar-refractivity contribution < 1.29 is 0 Å². The van der Waals surface area contributed by atoms with Gasteiger partial charge in [0.25, 0.3) is 0 Å². The summed E-state index contributed by atoms with van der Waals surface area (Å²) in [6, 6.07) is 0. The van der Waals surface area contributed by atoms with Crippen molar-refractivity contribution in [2.24, 2.45) is 23.5 Å². The van der Waals surface area contributed by atoms with E-state index in [-0.39, 0.29) is 0 Å². The maximum absolute atomic E-state index is 5.65. The van der Waals surface area contributed by atoms with E-state index in [1.807, 2.05) is 0 Å². The molecule has 1 aromatic rings. The van der Waals surface area contributed by atoms with Crippen molar-refractivity contribution in [2.45, 2.75) is 0 Å². The van der Waals surface area contributed by atoms with Crippen LogP contribution in [0.25, 0.3) is 0 Å². The van der Waals surface area contributed by atoms with Gasteiger partial charge >= 0.3 is 0 Å². The molecule has 1 aromatic heterocycles. The summed E-state index contributed by atoms with van der Waals surface area (Å²) in [6.07, 6.45) is 3.23. The number of anilines is 1. The molecule has 5 heteroatoms. The lowest BCUT2D eigenvalue weighted by atomic mass is 10.2. The molecule has 1 saturated heterocycles. The van der Waals surface area contributed by atoms with E-state index in [2.05, 4.69) is 20.1 Å². The highest BCUT2D eigenvalue weighted by Gasteiger charge is 2.54. The predicted molar refractivity (Wildman–Crippen MR) is 51.6 cm³/mol. The Bertz CT molecular complexity index is 315. The zero-order valence-electron chi connectivity index (χ0n) is 7.87. The molecule has 14 heavy (non-hydrogen) atoms. The Labute approximate surface area is 82.3 Å². The average Bonchev–Trinajstić information content (AvgIpc) is 2.72. The predicted octanol–water partition coefficient (Wildman–Crippen LogP) is -0.488. The fraction of sp³-hybridized carbons (Fsp3) is 0.667. The van der Waals surface area contributed by atoms with E-state index < -0.39 is 0 Å². The minimum Gasteiger partial charge on any atom is -0.353 e. The topological polar surface area (TPSA) is 67.9 Å². The van der Waals surface area contributed by atoms with Gasteiger partial charge in [0.15, 0.2) is 5.82 Å². The van der Waals surface area contributed by atoms with Crippen LogP contribution in [0.4, 0.5) is 5.82 Å². The van der Waals surface area contributed by atoms with Gasteiger partial charge in [0.1, 0.15) is 6.33 Å². The number of nitrogens with zero attached hydrogens (tertiary/aromatic N) is 4. The molecule has 0 aromatic carbocycles. The van der Waals surface area contributed by atoms with Crippen molar-refractivity contribution in [3.63, 3.8) is 0 Å². The first kappa shape index (κ1) is 8.11. The molecule has 74 valence electrons. The molecule has 0 amide bonds. The quantitative estimate of drug-likeness (QED) is 0.683. The molecular weight excluding hydrogens is 178 g/mol. The summed E-state index contributed by atoms with van der Waals surface area (Å²) in [5.74, 6) is 3.25. The fourth-order valence-corrected chi connectivity index (χ4v) is 2.57. The first-order valence-electron chi connectivity index (χ1n) is 4.98. The van der Waals surface area contributed by atoms with Crippen LogP contribution in [0, 0.1) is 17.8 Å². The molecule has 5 nitrogen and oxygen atoms in total. The first-order chi connectivity index (χ1) is 6.90. The summed E-state index contributed by atoms with van der Waals surface area (Å²) >= 11 is 0. The van der Waals surface area contributed by atoms with E-state index in [4.69, 9.17) is 5.73 Å². The number of rotatable bonds is 2. The van der Waals surface area contributed by atoms with E-state index in [0.717, 1.165) is 43.2 Å². The summed E-state index contributed by atoms with van der Waals surface area (Å²) in [5, 5.41) is 7.83.